The number of amides is 2. The summed E-state index contributed by atoms with van der Waals surface area (Å²) in [6, 6.07) is 15.9. The third-order valence-corrected chi connectivity index (χ3v) is 6.30. The average Bonchev–Trinajstić information content (AvgIpc) is 3.54. The lowest BCUT2D eigenvalue weighted by atomic mass is 10.1. The first-order valence-electron chi connectivity index (χ1n) is 10.8. The van der Waals surface area contributed by atoms with Crippen LogP contribution in [0.3, 0.4) is 0 Å². The van der Waals surface area contributed by atoms with Gasteiger partial charge < -0.3 is 20.3 Å². The van der Waals surface area contributed by atoms with Gasteiger partial charge in [0, 0.05) is 24.5 Å². The molecule has 170 valence electrons. The van der Waals surface area contributed by atoms with Crippen molar-refractivity contribution in [3.63, 3.8) is 0 Å². The van der Waals surface area contributed by atoms with E-state index in [1.165, 1.54) is 24.2 Å². The summed E-state index contributed by atoms with van der Waals surface area (Å²) in [5, 5.41) is 7.32. The van der Waals surface area contributed by atoms with Gasteiger partial charge in [0.2, 0.25) is 0 Å². The minimum absolute atomic E-state index is 0.182. The van der Waals surface area contributed by atoms with Gasteiger partial charge in [-0.05, 0) is 67.1 Å². The molecule has 7 nitrogen and oxygen atoms in total. The lowest BCUT2D eigenvalue weighted by Crippen LogP contribution is -2.22. The molecule has 8 heteroatoms. The summed E-state index contributed by atoms with van der Waals surface area (Å²) in [7, 11) is 0. The van der Waals surface area contributed by atoms with Gasteiger partial charge in [0.1, 0.15) is 0 Å². The summed E-state index contributed by atoms with van der Waals surface area (Å²) in [6.07, 6.45) is 2.40. The Kier molecular flexibility index (Phi) is 7.04. The second kappa shape index (κ2) is 10.3. The van der Waals surface area contributed by atoms with Crippen molar-refractivity contribution in [2.45, 2.75) is 19.8 Å². The number of nitrogens with zero attached hydrogens (tertiary/aromatic N) is 1. The Hall–Kier alpha value is -3.65. The number of esters is 1. The number of hydrogen-bond donors (Lipinski definition) is 2. The Labute approximate surface area is 196 Å². The van der Waals surface area contributed by atoms with E-state index in [-0.39, 0.29) is 11.5 Å². The molecule has 1 aromatic heterocycles. The molecule has 0 radical (unpaired) electrons. The molecule has 0 aliphatic carbocycles. The highest BCUT2D eigenvalue weighted by atomic mass is 32.1. The topological polar surface area (TPSA) is 87.7 Å². The number of para-hydroxylation sites is 1. The summed E-state index contributed by atoms with van der Waals surface area (Å²) in [5.41, 5.74) is 3.29. The standard InChI is InChI=1S/C25H25N3O4S/c1-17-15-18(28-12-4-5-13-28)10-11-20(17)26-23(29)16-32-25(31)19-7-2-3-8-21(19)27-24(30)22-9-6-14-33-22/h2-3,6-11,14-15H,4-5,12-13,16H2,1H3,(H,26,29)(H,27,30). The number of benzene rings is 2. The molecule has 1 fully saturated rings. The molecule has 2 aromatic carbocycles. The van der Waals surface area contributed by atoms with Crippen LogP contribution in [0.15, 0.2) is 60.0 Å². The molecule has 0 spiro atoms. The summed E-state index contributed by atoms with van der Waals surface area (Å²) >= 11 is 1.30. The van der Waals surface area contributed by atoms with Gasteiger partial charge in [-0.2, -0.15) is 0 Å². The molecule has 1 aliphatic heterocycles. The molecule has 2 N–H and O–H groups in total. The van der Waals surface area contributed by atoms with E-state index in [4.69, 9.17) is 4.74 Å². The first-order valence-corrected chi connectivity index (χ1v) is 11.7. The fraction of sp³-hybridized carbons (Fsp3) is 0.240. The van der Waals surface area contributed by atoms with Crippen LogP contribution in [0.4, 0.5) is 17.1 Å². The van der Waals surface area contributed by atoms with Crippen molar-refractivity contribution in [3.05, 3.63) is 76.0 Å². The number of thiophene rings is 1. The van der Waals surface area contributed by atoms with Crippen LogP contribution in [0.1, 0.15) is 38.4 Å². The van der Waals surface area contributed by atoms with Crippen LogP contribution in [0, 0.1) is 6.92 Å². The Bertz CT molecular complexity index is 1150. The van der Waals surface area contributed by atoms with Crippen molar-refractivity contribution in [2.24, 2.45) is 0 Å². The molecule has 0 unspecified atom stereocenters. The number of anilines is 3. The second-order valence-electron chi connectivity index (χ2n) is 7.79. The number of rotatable bonds is 7. The van der Waals surface area contributed by atoms with Gasteiger partial charge in [0.15, 0.2) is 6.61 Å². The van der Waals surface area contributed by atoms with Crippen LogP contribution in [0.25, 0.3) is 0 Å². The number of ether oxygens (including phenoxy) is 1. The fourth-order valence-corrected chi connectivity index (χ4v) is 4.34. The number of hydrogen-bond acceptors (Lipinski definition) is 6. The van der Waals surface area contributed by atoms with Crippen molar-refractivity contribution >= 4 is 46.2 Å². The van der Waals surface area contributed by atoms with Gasteiger partial charge in [-0.1, -0.05) is 18.2 Å². The second-order valence-corrected chi connectivity index (χ2v) is 8.74. The van der Waals surface area contributed by atoms with Gasteiger partial charge in [-0.3, -0.25) is 9.59 Å². The maximum atomic E-state index is 12.6. The van der Waals surface area contributed by atoms with E-state index in [2.05, 4.69) is 21.6 Å². The maximum Gasteiger partial charge on any atom is 0.340 e. The van der Waals surface area contributed by atoms with Crippen LogP contribution in [0.2, 0.25) is 0 Å². The monoisotopic (exact) mass is 463 g/mol. The summed E-state index contributed by atoms with van der Waals surface area (Å²) in [5.74, 6) is -1.43. The van der Waals surface area contributed by atoms with Gasteiger partial charge in [-0.15, -0.1) is 11.3 Å². The fourth-order valence-electron chi connectivity index (χ4n) is 3.72. The van der Waals surface area contributed by atoms with E-state index in [9.17, 15) is 14.4 Å². The Morgan fingerprint density at radius 3 is 2.48 bits per heavy atom. The first kappa shape index (κ1) is 22.5. The molecule has 0 bridgehead atoms. The number of aryl methyl sites for hydroxylation is 1. The summed E-state index contributed by atoms with van der Waals surface area (Å²) in [4.78, 5) is 40.2. The normalized spacial score (nSPS) is 12.9. The number of nitrogens with one attached hydrogen (secondary N) is 2. The van der Waals surface area contributed by atoms with Crippen molar-refractivity contribution in [1.82, 2.24) is 0 Å². The van der Waals surface area contributed by atoms with Crippen molar-refractivity contribution in [3.8, 4) is 0 Å². The largest absolute Gasteiger partial charge is 0.452 e. The quantitative estimate of drug-likeness (QED) is 0.496. The molecule has 2 amide bonds. The Morgan fingerprint density at radius 1 is 0.970 bits per heavy atom. The van der Waals surface area contributed by atoms with Crippen LogP contribution < -0.4 is 15.5 Å². The van der Waals surface area contributed by atoms with E-state index in [0.717, 1.165) is 24.3 Å². The highest BCUT2D eigenvalue weighted by Gasteiger charge is 2.18. The van der Waals surface area contributed by atoms with E-state index in [1.54, 1.807) is 41.8 Å². The molecule has 2 heterocycles. The lowest BCUT2D eigenvalue weighted by Gasteiger charge is -2.19. The third kappa shape index (κ3) is 5.59. The molecular weight excluding hydrogens is 438 g/mol. The van der Waals surface area contributed by atoms with E-state index >= 15 is 0 Å². The van der Waals surface area contributed by atoms with E-state index in [1.807, 2.05) is 19.1 Å². The molecular formula is C25H25N3O4S. The van der Waals surface area contributed by atoms with Gasteiger partial charge in [0.25, 0.3) is 11.8 Å². The molecule has 0 atom stereocenters. The third-order valence-electron chi connectivity index (χ3n) is 5.43. The van der Waals surface area contributed by atoms with Gasteiger partial charge in [0.05, 0.1) is 16.1 Å². The molecule has 33 heavy (non-hydrogen) atoms. The Balaban J connectivity index is 1.34. The lowest BCUT2D eigenvalue weighted by molar-refractivity contribution is -0.119. The zero-order valence-corrected chi connectivity index (χ0v) is 19.1. The molecule has 1 saturated heterocycles. The van der Waals surface area contributed by atoms with Crippen molar-refractivity contribution in [1.29, 1.82) is 0 Å². The zero-order chi connectivity index (χ0) is 23.2. The minimum Gasteiger partial charge on any atom is -0.452 e. The summed E-state index contributed by atoms with van der Waals surface area (Å²) in [6.45, 7) is 3.61. The average molecular weight is 464 g/mol. The van der Waals surface area contributed by atoms with Crippen LogP contribution in [-0.2, 0) is 9.53 Å². The molecule has 0 saturated carbocycles. The Morgan fingerprint density at radius 2 is 1.76 bits per heavy atom. The van der Waals surface area contributed by atoms with E-state index < -0.39 is 18.5 Å². The van der Waals surface area contributed by atoms with Gasteiger partial charge in [-0.25, -0.2) is 4.79 Å². The smallest absolute Gasteiger partial charge is 0.340 e. The molecule has 3 aromatic rings. The SMILES string of the molecule is Cc1cc(N2CCCC2)ccc1NC(=O)COC(=O)c1ccccc1NC(=O)c1cccs1. The van der Waals surface area contributed by atoms with Crippen LogP contribution >= 0.6 is 11.3 Å². The predicted molar refractivity (Wildman–Crippen MR) is 130 cm³/mol. The van der Waals surface area contributed by atoms with Crippen molar-refractivity contribution < 1.29 is 19.1 Å². The van der Waals surface area contributed by atoms with Gasteiger partial charge >= 0.3 is 5.97 Å². The summed E-state index contributed by atoms with van der Waals surface area (Å²) < 4.78 is 5.21. The molecule has 1 aliphatic rings. The first-order chi connectivity index (χ1) is 16.0. The van der Waals surface area contributed by atoms with E-state index in [0.29, 0.717) is 16.3 Å². The van der Waals surface area contributed by atoms with Crippen LogP contribution in [0.5, 0.6) is 0 Å². The highest BCUT2D eigenvalue weighted by Crippen LogP contribution is 2.25. The van der Waals surface area contributed by atoms with Crippen LogP contribution in [-0.4, -0.2) is 37.5 Å². The number of carbonyl (C=O) groups is 3. The number of carbonyl (C=O) groups excluding carboxylic acids is 3. The van der Waals surface area contributed by atoms with Crippen molar-refractivity contribution in [2.75, 3.05) is 35.2 Å². The highest BCUT2D eigenvalue weighted by molar-refractivity contribution is 7.12. The molecule has 4 rings (SSSR count). The minimum atomic E-state index is -0.687. The zero-order valence-electron chi connectivity index (χ0n) is 18.3. The predicted octanol–water partition coefficient (Wildman–Crippen LogP) is 4.70. The maximum absolute atomic E-state index is 12.6.